The molecule has 1 aliphatic heterocycles. The summed E-state index contributed by atoms with van der Waals surface area (Å²) in [6.45, 7) is 6.91. The SMILES string of the molecule is CCC1COC(C)CN1C(=O)Nc1cccc(C(C)O)c1. The van der Waals surface area contributed by atoms with Gasteiger partial charge in [0.25, 0.3) is 0 Å². The lowest BCUT2D eigenvalue weighted by Crippen LogP contribution is -2.52. The molecular weight excluding hydrogens is 268 g/mol. The molecule has 5 nitrogen and oxygen atoms in total. The van der Waals surface area contributed by atoms with E-state index in [2.05, 4.69) is 12.2 Å². The smallest absolute Gasteiger partial charge is 0.322 e. The Morgan fingerprint density at radius 1 is 1.57 bits per heavy atom. The molecule has 0 spiro atoms. The van der Waals surface area contributed by atoms with E-state index in [1.807, 2.05) is 30.0 Å². The van der Waals surface area contributed by atoms with Crippen LogP contribution in [0, 0.1) is 0 Å². The van der Waals surface area contributed by atoms with Crippen molar-refractivity contribution >= 4 is 11.7 Å². The maximum absolute atomic E-state index is 12.5. The van der Waals surface area contributed by atoms with Gasteiger partial charge in [-0.05, 0) is 38.0 Å². The van der Waals surface area contributed by atoms with E-state index in [4.69, 9.17) is 4.74 Å². The molecule has 0 aromatic heterocycles. The van der Waals surface area contributed by atoms with E-state index in [1.54, 1.807) is 13.0 Å². The maximum atomic E-state index is 12.5. The third kappa shape index (κ3) is 3.95. The lowest BCUT2D eigenvalue weighted by molar-refractivity contribution is -0.0357. The van der Waals surface area contributed by atoms with Gasteiger partial charge in [-0.15, -0.1) is 0 Å². The van der Waals surface area contributed by atoms with Gasteiger partial charge in [-0.2, -0.15) is 0 Å². The zero-order valence-electron chi connectivity index (χ0n) is 12.9. The van der Waals surface area contributed by atoms with E-state index in [0.717, 1.165) is 12.0 Å². The van der Waals surface area contributed by atoms with Crippen LogP contribution in [-0.4, -0.2) is 41.3 Å². The molecule has 1 aliphatic rings. The van der Waals surface area contributed by atoms with Crippen molar-refractivity contribution in [2.24, 2.45) is 0 Å². The van der Waals surface area contributed by atoms with Gasteiger partial charge >= 0.3 is 6.03 Å². The molecule has 0 aliphatic carbocycles. The largest absolute Gasteiger partial charge is 0.389 e. The molecule has 116 valence electrons. The number of nitrogens with zero attached hydrogens (tertiary/aromatic N) is 1. The molecule has 2 rings (SSSR count). The van der Waals surface area contributed by atoms with Gasteiger partial charge in [-0.25, -0.2) is 4.79 Å². The van der Waals surface area contributed by atoms with Crippen LogP contribution in [0.5, 0.6) is 0 Å². The van der Waals surface area contributed by atoms with Crippen LogP contribution < -0.4 is 5.32 Å². The summed E-state index contributed by atoms with van der Waals surface area (Å²) in [7, 11) is 0. The molecule has 1 fully saturated rings. The average Bonchev–Trinajstić information content (AvgIpc) is 2.47. The van der Waals surface area contributed by atoms with Gasteiger partial charge in [0.1, 0.15) is 0 Å². The number of benzene rings is 1. The Morgan fingerprint density at radius 2 is 2.33 bits per heavy atom. The standard InChI is InChI=1S/C16H24N2O3/c1-4-15-10-21-11(2)9-18(15)16(20)17-14-7-5-6-13(8-14)12(3)19/h5-8,11-12,15,19H,4,9-10H2,1-3H3,(H,17,20). The predicted octanol–water partition coefficient (Wildman–Crippen LogP) is 2.77. The van der Waals surface area contributed by atoms with Crippen molar-refractivity contribution in [2.45, 2.75) is 45.4 Å². The van der Waals surface area contributed by atoms with Gasteiger partial charge in [0, 0.05) is 12.2 Å². The molecule has 5 heteroatoms. The first-order valence-electron chi connectivity index (χ1n) is 7.48. The molecule has 1 heterocycles. The number of ether oxygens (including phenoxy) is 1. The van der Waals surface area contributed by atoms with Gasteiger partial charge in [-0.1, -0.05) is 19.1 Å². The molecule has 1 aromatic rings. The number of rotatable bonds is 3. The molecule has 2 amide bonds. The van der Waals surface area contributed by atoms with E-state index in [1.165, 1.54) is 0 Å². The van der Waals surface area contributed by atoms with E-state index in [-0.39, 0.29) is 18.2 Å². The molecule has 3 atom stereocenters. The number of hydrogen-bond donors (Lipinski definition) is 2. The fraction of sp³-hybridized carbons (Fsp3) is 0.562. The highest BCUT2D eigenvalue weighted by atomic mass is 16.5. The summed E-state index contributed by atoms with van der Waals surface area (Å²) in [6.07, 6.45) is 0.379. The van der Waals surface area contributed by atoms with Gasteiger partial charge in [0.05, 0.1) is 24.9 Å². The Balaban J connectivity index is 2.07. The normalized spacial score (nSPS) is 23.7. The molecule has 2 N–H and O–H groups in total. The van der Waals surface area contributed by atoms with Crippen LogP contribution in [0.4, 0.5) is 10.5 Å². The number of aliphatic hydroxyl groups is 1. The zero-order valence-corrected chi connectivity index (χ0v) is 12.9. The molecule has 0 saturated carbocycles. The fourth-order valence-corrected chi connectivity index (χ4v) is 2.50. The summed E-state index contributed by atoms with van der Waals surface area (Å²) in [6, 6.07) is 7.30. The Kier molecular flexibility index (Phi) is 5.20. The number of urea groups is 1. The van der Waals surface area contributed by atoms with Gasteiger partial charge in [0.15, 0.2) is 0 Å². The van der Waals surface area contributed by atoms with Crippen molar-refractivity contribution in [3.05, 3.63) is 29.8 Å². The fourth-order valence-electron chi connectivity index (χ4n) is 2.50. The second-order valence-electron chi connectivity index (χ2n) is 5.59. The van der Waals surface area contributed by atoms with Crippen molar-refractivity contribution in [3.8, 4) is 0 Å². The molecule has 1 aromatic carbocycles. The summed E-state index contributed by atoms with van der Waals surface area (Å²) in [5.41, 5.74) is 1.49. The molecular formula is C16H24N2O3. The van der Waals surface area contributed by atoms with Crippen LogP contribution in [0.3, 0.4) is 0 Å². The topological polar surface area (TPSA) is 61.8 Å². The Bertz CT molecular complexity index is 490. The summed E-state index contributed by atoms with van der Waals surface area (Å²) in [5, 5.41) is 12.5. The van der Waals surface area contributed by atoms with Crippen LogP contribution in [0.15, 0.2) is 24.3 Å². The van der Waals surface area contributed by atoms with Crippen molar-refractivity contribution in [2.75, 3.05) is 18.5 Å². The van der Waals surface area contributed by atoms with Gasteiger partial charge in [-0.3, -0.25) is 0 Å². The number of anilines is 1. The van der Waals surface area contributed by atoms with Gasteiger partial charge < -0.3 is 20.1 Å². The summed E-state index contributed by atoms with van der Waals surface area (Å²) in [5.74, 6) is 0. The van der Waals surface area contributed by atoms with E-state index in [0.29, 0.717) is 18.8 Å². The number of morpholine rings is 1. The Labute approximate surface area is 125 Å². The highest BCUT2D eigenvalue weighted by Gasteiger charge is 2.29. The Hall–Kier alpha value is -1.59. The first-order valence-corrected chi connectivity index (χ1v) is 7.48. The van der Waals surface area contributed by atoms with Crippen molar-refractivity contribution < 1.29 is 14.6 Å². The molecule has 0 radical (unpaired) electrons. The Morgan fingerprint density at radius 3 is 3.00 bits per heavy atom. The highest BCUT2D eigenvalue weighted by molar-refractivity contribution is 5.89. The minimum atomic E-state index is -0.548. The van der Waals surface area contributed by atoms with Crippen LogP contribution in [-0.2, 0) is 4.74 Å². The zero-order chi connectivity index (χ0) is 15.4. The van der Waals surface area contributed by atoms with E-state index in [9.17, 15) is 9.90 Å². The third-order valence-corrected chi connectivity index (χ3v) is 3.82. The number of aliphatic hydroxyl groups excluding tert-OH is 1. The monoisotopic (exact) mass is 292 g/mol. The third-order valence-electron chi connectivity index (χ3n) is 3.82. The second kappa shape index (κ2) is 6.91. The lowest BCUT2D eigenvalue weighted by atomic mass is 10.1. The molecule has 0 bridgehead atoms. The summed E-state index contributed by atoms with van der Waals surface area (Å²) in [4.78, 5) is 14.3. The van der Waals surface area contributed by atoms with Gasteiger partial charge in [0.2, 0.25) is 0 Å². The maximum Gasteiger partial charge on any atom is 0.322 e. The first kappa shape index (κ1) is 15.8. The number of nitrogens with one attached hydrogen (secondary N) is 1. The number of hydrogen-bond acceptors (Lipinski definition) is 3. The summed E-state index contributed by atoms with van der Waals surface area (Å²) >= 11 is 0. The van der Waals surface area contributed by atoms with Crippen molar-refractivity contribution in [1.29, 1.82) is 0 Å². The van der Waals surface area contributed by atoms with Crippen LogP contribution in [0.25, 0.3) is 0 Å². The van der Waals surface area contributed by atoms with Crippen molar-refractivity contribution in [3.63, 3.8) is 0 Å². The quantitative estimate of drug-likeness (QED) is 0.900. The van der Waals surface area contributed by atoms with E-state index >= 15 is 0 Å². The highest BCUT2D eigenvalue weighted by Crippen LogP contribution is 2.19. The van der Waals surface area contributed by atoms with E-state index < -0.39 is 6.10 Å². The minimum absolute atomic E-state index is 0.0577. The van der Waals surface area contributed by atoms with Crippen LogP contribution >= 0.6 is 0 Å². The summed E-state index contributed by atoms with van der Waals surface area (Å²) < 4.78 is 5.61. The number of carbonyl (C=O) groups excluding carboxylic acids is 1. The second-order valence-corrected chi connectivity index (χ2v) is 5.59. The van der Waals surface area contributed by atoms with Crippen LogP contribution in [0.2, 0.25) is 0 Å². The lowest BCUT2D eigenvalue weighted by Gasteiger charge is -2.38. The number of amides is 2. The molecule has 21 heavy (non-hydrogen) atoms. The average molecular weight is 292 g/mol. The van der Waals surface area contributed by atoms with Crippen LogP contribution in [0.1, 0.15) is 38.9 Å². The predicted molar refractivity (Wildman–Crippen MR) is 82.3 cm³/mol. The molecule has 3 unspecified atom stereocenters. The van der Waals surface area contributed by atoms with Crippen molar-refractivity contribution in [1.82, 2.24) is 4.90 Å². The number of carbonyl (C=O) groups is 1. The minimum Gasteiger partial charge on any atom is -0.389 e. The first-order chi connectivity index (χ1) is 10.0. The molecule has 1 saturated heterocycles.